The zero-order chi connectivity index (χ0) is 21.2. The lowest BCUT2D eigenvalue weighted by atomic mass is 10.0. The predicted octanol–water partition coefficient (Wildman–Crippen LogP) is 5.35. The number of benzene rings is 3. The summed E-state index contributed by atoms with van der Waals surface area (Å²) in [5.41, 5.74) is 6.15. The van der Waals surface area contributed by atoms with E-state index in [9.17, 15) is 5.26 Å². The molecule has 150 valence electrons. The molecule has 3 aromatic carbocycles. The van der Waals surface area contributed by atoms with Crippen LogP contribution in [0.25, 0.3) is 33.2 Å². The number of ether oxygens (including phenoxy) is 1. The number of H-pyrrole nitrogens is 1. The van der Waals surface area contributed by atoms with Crippen molar-refractivity contribution in [1.82, 2.24) is 20.2 Å². The van der Waals surface area contributed by atoms with Crippen LogP contribution in [0.4, 0.5) is 0 Å². The van der Waals surface area contributed by atoms with E-state index >= 15 is 0 Å². The van der Waals surface area contributed by atoms with Crippen LogP contribution >= 0.6 is 11.8 Å². The first-order valence-corrected chi connectivity index (χ1v) is 10.7. The number of hydrogen-bond donors (Lipinski definition) is 1. The van der Waals surface area contributed by atoms with Crippen molar-refractivity contribution in [2.24, 2.45) is 0 Å². The van der Waals surface area contributed by atoms with E-state index in [1.807, 2.05) is 60.7 Å². The van der Waals surface area contributed by atoms with Gasteiger partial charge in [-0.25, -0.2) is 4.98 Å². The molecule has 0 spiro atoms. The molecule has 7 heteroatoms. The highest BCUT2D eigenvalue weighted by atomic mass is 32.2. The first kappa shape index (κ1) is 19.1. The van der Waals surface area contributed by atoms with Crippen molar-refractivity contribution in [3.8, 4) is 22.9 Å². The van der Waals surface area contributed by atoms with Gasteiger partial charge in [0.2, 0.25) is 5.16 Å². The molecule has 0 aliphatic carbocycles. The number of thioether (sulfide) groups is 1. The van der Waals surface area contributed by atoms with Crippen LogP contribution in [0.2, 0.25) is 0 Å². The number of nitrogens with one attached hydrogen (secondary N) is 1. The molecule has 2 heterocycles. The predicted molar refractivity (Wildman–Crippen MR) is 122 cm³/mol. The third-order valence-electron chi connectivity index (χ3n) is 5.12. The fourth-order valence-electron chi connectivity index (χ4n) is 3.58. The summed E-state index contributed by atoms with van der Waals surface area (Å²) in [6.45, 7) is 0. The van der Waals surface area contributed by atoms with Gasteiger partial charge in [-0.1, -0.05) is 54.2 Å². The zero-order valence-corrected chi connectivity index (χ0v) is 17.5. The molecule has 31 heavy (non-hydrogen) atoms. The summed E-state index contributed by atoms with van der Waals surface area (Å²) < 4.78 is 5.27. The van der Waals surface area contributed by atoms with Gasteiger partial charge in [-0.3, -0.25) is 0 Å². The summed E-state index contributed by atoms with van der Waals surface area (Å²) in [4.78, 5) is 8.04. The average Bonchev–Trinajstić information content (AvgIpc) is 3.21. The number of nitrogens with zero attached hydrogens (tertiary/aromatic N) is 4. The van der Waals surface area contributed by atoms with Gasteiger partial charge in [0.15, 0.2) is 5.65 Å². The number of aromatic amines is 1. The maximum Gasteiger partial charge on any atom is 0.211 e. The van der Waals surface area contributed by atoms with Crippen molar-refractivity contribution in [1.29, 1.82) is 5.26 Å². The molecular formula is C24H17N5OS. The number of methoxy groups -OCH3 is 1. The van der Waals surface area contributed by atoms with Crippen LogP contribution in [0.1, 0.15) is 11.1 Å². The maximum absolute atomic E-state index is 9.27. The third kappa shape index (κ3) is 3.58. The molecular weight excluding hydrogens is 406 g/mol. The van der Waals surface area contributed by atoms with Crippen molar-refractivity contribution >= 4 is 33.8 Å². The lowest BCUT2D eigenvalue weighted by Crippen LogP contribution is -1.93. The molecule has 0 amide bonds. The summed E-state index contributed by atoms with van der Waals surface area (Å²) in [6.07, 6.45) is 0. The molecule has 0 unspecified atom stereocenters. The molecule has 0 saturated heterocycles. The SMILES string of the molecule is COc1ccc(-c2cccc3[nH]c4nc(SCc5ccccc5C#N)nnc4c23)cc1. The fraction of sp³-hybridized carbons (Fsp3) is 0.0833. The Labute approximate surface area is 182 Å². The second kappa shape index (κ2) is 8.09. The van der Waals surface area contributed by atoms with E-state index in [1.165, 1.54) is 11.8 Å². The number of nitriles is 1. The van der Waals surface area contributed by atoms with Crippen LogP contribution in [-0.4, -0.2) is 27.3 Å². The molecule has 0 aliphatic rings. The Morgan fingerprint density at radius 1 is 1.00 bits per heavy atom. The number of aromatic nitrogens is 4. The zero-order valence-electron chi connectivity index (χ0n) is 16.7. The molecule has 1 N–H and O–H groups in total. The van der Waals surface area contributed by atoms with Crippen molar-refractivity contribution in [3.63, 3.8) is 0 Å². The van der Waals surface area contributed by atoms with E-state index in [2.05, 4.69) is 32.3 Å². The van der Waals surface area contributed by atoms with Crippen molar-refractivity contribution in [2.45, 2.75) is 10.9 Å². The topological polar surface area (TPSA) is 87.5 Å². The molecule has 5 aromatic rings. The monoisotopic (exact) mass is 423 g/mol. The average molecular weight is 424 g/mol. The molecule has 6 nitrogen and oxygen atoms in total. The van der Waals surface area contributed by atoms with Gasteiger partial charge in [-0.2, -0.15) is 5.26 Å². The van der Waals surface area contributed by atoms with Crippen LogP contribution < -0.4 is 4.74 Å². The lowest BCUT2D eigenvalue weighted by Gasteiger charge is -2.05. The third-order valence-corrected chi connectivity index (χ3v) is 6.00. The Bertz CT molecular complexity index is 1440. The van der Waals surface area contributed by atoms with Gasteiger partial charge in [0.25, 0.3) is 0 Å². The first-order chi connectivity index (χ1) is 15.3. The van der Waals surface area contributed by atoms with E-state index in [0.29, 0.717) is 22.1 Å². The van der Waals surface area contributed by atoms with E-state index in [4.69, 9.17) is 4.74 Å². The molecule has 0 bridgehead atoms. The van der Waals surface area contributed by atoms with Crippen LogP contribution in [-0.2, 0) is 5.75 Å². The van der Waals surface area contributed by atoms with Gasteiger partial charge in [0, 0.05) is 16.7 Å². The normalized spacial score (nSPS) is 11.0. The number of hydrogen-bond acceptors (Lipinski definition) is 6. The van der Waals surface area contributed by atoms with Crippen molar-refractivity contribution in [2.75, 3.05) is 7.11 Å². The summed E-state index contributed by atoms with van der Waals surface area (Å²) in [5.74, 6) is 1.42. The van der Waals surface area contributed by atoms with E-state index in [0.717, 1.165) is 38.9 Å². The Morgan fingerprint density at radius 3 is 2.65 bits per heavy atom. The highest BCUT2D eigenvalue weighted by molar-refractivity contribution is 7.98. The van der Waals surface area contributed by atoms with Crippen LogP contribution in [0.5, 0.6) is 5.75 Å². The minimum Gasteiger partial charge on any atom is -0.497 e. The van der Waals surface area contributed by atoms with Crippen molar-refractivity contribution in [3.05, 3.63) is 77.9 Å². The molecule has 2 aromatic heterocycles. The lowest BCUT2D eigenvalue weighted by molar-refractivity contribution is 0.415. The summed E-state index contributed by atoms with van der Waals surface area (Å²) in [7, 11) is 1.66. The summed E-state index contributed by atoms with van der Waals surface area (Å²) in [5, 5.41) is 19.7. The van der Waals surface area contributed by atoms with E-state index < -0.39 is 0 Å². The molecule has 0 fully saturated rings. The van der Waals surface area contributed by atoms with Crippen molar-refractivity contribution < 1.29 is 4.74 Å². The van der Waals surface area contributed by atoms with Crippen LogP contribution in [0, 0.1) is 11.3 Å². The Balaban J connectivity index is 1.51. The molecule has 0 aliphatic heterocycles. The fourth-order valence-corrected chi connectivity index (χ4v) is 4.37. The van der Waals surface area contributed by atoms with E-state index in [1.54, 1.807) is 7.11 Å². The smallest absolute Gasteiger partial charge is 0.211 e. The largest absolute Gasteiger partial charge is 0.497 e. The standard InChI is InChI=1S/C24H17N5OS/c1-30-18-11-9-15(10-12-18)19-7-4-8-20-21(19)22-23(26-20)27-24(29-28-22)31-14-17-6-3-2-5-16(17)13-25/h2-12H,14H2,1H3,(H,26,27,29). The van der Waals surface area contributed by atoms with Crippen LogP contribution in [0.3, 0.4) is 0 Å². The molecule has 5 rings (SSSR count). The molecule has 0 atom stereocenters. The maximum atomic E-state index is 9.27. The Morgan fingerprint density at radius 2 is 1.84 bits per heavy atom. The van der Waals surface area contributed by atoms with Gasteiger partial charge in [-0.05, 0) is 41.0 Å². The summed E-state index contributed by atoms with van der Waals surface area (Å²) >= 11 is 1.46. The summed E-state index contributed by atoms with van der Waals surface area (Å²) in [6, 6.07) is 23.8. The van der Waals surface area contributed by atoms with Gasteiger partial charge in [0.05, 0.1) is 18.7 Å². The Kier molecular flexibility index (Phi) is 4.98. The highest BCUT2D eigenvalue weighted by Crippen LogP contribution is 2.34. The van der Waals surface area contributed by atoms with E-state index in [-0.39, 0.29) is 0 Å². The first-order valence-electron chi connectivity index (χ1n) is 9.67. The van der Waals surface area contributed by atoms with Gasteiger partial charge in [-0.15, -0.1) is 10.2 Å². The molecule has 0 radical (unpaired) electrons. The number of fused-ring (bicyclic) bond motifs is 3. The van der Waals surface area contributed by atoms with Gasteiger partial charge in [0.1, 0.15) is 11.3 Å². The second-order valence-electron chi connectivity index (χ2n) is 6.93. The Hall–Kier alpha value is -3.89. The van der Waals surface area contributed by atoms with Crippen LogP contribution in [0.15, 0.2) is 71.9 Å². The minimum absolute atomic E-state index is 0.567. The number of rotatable bonds is 5. The quantitative estimate of drug-likeness (QED) is 0.384. The second-order valence-corrected chi connectivity index (χ2v) is 7.87. The molecule has 0 saturated carbocycles. The van der Waals surface area contributed by atoms with Gasteiger partial charge < -0.3 is 9.72 Å². The van der Waals surface area contributed by atoms with Gasteiger partial charge >= 0.3 is 0 Å². The minimum atomic E-state index is 0.567. The highest BCUT2D eigenvalue weighted by Gasteiger charge is 2.14.